The molecule has 0 saturated carbocycles. The van der Waals surface area contributed by atoms with Gasteiger partial charge in [0.25, 0.3) is 5.91 Å². The topological polar surface area (TPSA) is 65.1 Å². The van der Waals surface area contributed by atoms with Crippen molar-refractivity contribution in [1.29, 1.82) is 0 Å². The van der Waals surface area contributed by atoms with Crippen LogP contribution in [0.15, 0.2) is 30.5 Å². The predicted octanol–water partition coefficient (Wildman–Crippen LogP) is 2.24. The molecule has 0 saturated heterocycles. The Morgan fingerprint density at radius 2 is 2.10 bits per heavy atom. The fraction of sp³-hybridized carbons (Fsp3) is 0.267. The Labute approximate surface area is 120 Å². The van der Waals surface area contributed by atoms with Crippen molar-refractivity contribution in [2.24, 2.45) is 0 Å². The van der Waals surface area contributed by atoms with Crippen LogP contribution < -0.4 is 5.32 Å². The minimum absolute atomic E-state index is 0.0741. The van der Waals surface area contributed by atoms with E-state index in [-0.39, 0.29) is 18.0 Å². The van der Waals surface area contributed by atoms with Gasteiger partial charge in [0, 0.05) is 23.5 Å². The average molecular weight is 294 g/mol. The summed E-state index contributed by atoms with van der Waals surface area (Å²) in [6, 6.07) is 4.53. The van der Waals surface area contributed by atoms with Crippen LogP contribution in [0.2, 0.25) is 0 Å². The van der Waals surface area contributed by atoms with Crippen LogP contribution in [0.4, 0.5) is 8.78 Å². The number of nitrogens with one attached hydrogen (secondary N) is 2. The Hall–Kier alpha value is -2.21. The van der Waals surface area contributed by atoms with Gasteiger partial charge < -0.3 is 15.4 Å². The highest BCUT2D eigenvalue weighted by atomic mass is 19.1. The van der Waals surface area contributed by atoms with Gasteiger partial charge in [-0.15, -0.1) is 0 Å². The zero-order chi connectivity index (χ0) is 15.6. The number of aromatic amines is 1. The largest absolute Gasteiger partial charge is 0.383 e. The van der Waals surface area contributed by atoms with Crippen molar-refractivity contribution in [2.75, 3.05) is 6.54 Å². The number of hydrogen-bond donors (Lipinski definition) is 3. The maximum absolute atomic E-state index is 13.7. The molecule has 0 radical (unpaired) electrons. The van der Waals surface area contributed by atoms with Crippen molar-refractivity contribution >= 4 is 5.91 Å². The van der Waals surface area contributed by atoms with E-state index in [2.05, 4.69) is 10.3 Å². The molecule has 1 aromatic heterocycles. The molecule has 4 nitrogen and oxygen atoms in total. The molecular formula is C15H16F2N2O2. The quantitative estimate of drug-likeness (QED) is 0.809. The Morgan fingerprint density at radius 1 is 1.38 bits per heavy atom. The molecule has 0 bridgehead atoms. The predicted molar refractivity (Wildman–Crippen MR) is 73.8 cm³/mol. The summed E-state index contributed by atoms with van der Waals surface area (Å²) in [5, 5.41) is 12.8. The molecule has 3 N–H and O–H groups in total. The van der Waals surface area contributed by atoms with Crippen LogP contribution in [-0.2, 0) is 5.60 Å². The summed E-state index contributed by atoms with van der Waals surface area (Å²) in [4.78, 5) is 14.8. The summed E-state index contributed by atoms with van der Waals surface area (Å²) in [6.07, 6.45) is 1.63. The third-order valence-corrected chi connectivity index (χ3v) is 3.30. The summed E-state index contributed by atoms with van der Waals surface area (Å²) in [6.45, 7) is 2.90. The molecule has 0 aliphatic rings. The minimum atomic E-state index is -1.64. The fourth-order valence-corrected chi connectivity index (χ4v) is 2.07. The molecule has 0 spiro atoms. The third-order valence-electron chi connectivity index (χ3n) is 3.30. The number of amides is 1. The molecule has 1 unspecified atom stereocenters. The zero-order valence-corrected chi connectivity index (χ0v) is 11.7. The van der Waals surface area contributed by atoms with E-state index >= 15 is 0 Å². The van der Waals surface area contributed by atoms with Gasteiger partial charge in [0.1, 0.15) is 17.2 Å². The molecule has 21 heavy (non-hydrogen) atoms. The van der Waals surface area contributed by atoms with E-state index in [1.165, 1.54) is 13.0 Å². The lowest BCUT2D eigenvalue weighted by Crippen LogP contribution is -2.39. The van der Waals surface area contributed by atoms with E-state index in [0.29, 0.717) is 17.3 Å². The summed E-state index contributed by atoms with van der Waals surface area (Å²) in [7, 11) is 0. The number of carbonyl (C=O) groups excluding carboxylic acids is 1. The first kappa shape index (κ1) is 15.2. The van der Waals surface area contributed by atoms with Gasteiger partial charge in [-0.1, -0.05) is 6.07 Å². The molecule has 2 rings (SSSR count). The molecule has 0 fully saturated rings. The molecule has 1 amide bonds. The van der Waals surface area contributed by atoms with Crippen LogP contribution in [0, 0.1) is 18.6 Å². The second-order valence-electron chi connectivity index (χ2n) is 5.10. The van der Waals surface area contributed by atoms with E-state index < -0.39 is 17.2 Å². The number of hydrogen-bond acceptors (Lipinski definition) is 2. The Balaban J connectivity index is 2.11. The third kappa shape index (κ3) is 3.28. The van der Waals surface area contributed by atoms with Gasteiger partial charge in [0.15, 0.2) is 0 Å². The molecular weight excluding hydrogens is 278 g/mol. The SMILES string of the molecule is Cc1[nH]ccc1C(=O)NCC(C)(O)c1ccc(F)cc1F. The van der Waals surface area contributed by atoms with Crippen LogP contribution >= 0.6 is 0 Å². The van der Waals surface area contributed by atoms with Crippen molar-refractivity contribution in [3.8, 4) is 0 Å². The lowest BCUT2D eigenvalue weighted by Gasteiger charge is -2.24. The number of carbonyl (C=O) groups is 1. The summed E-state index contributed by atoms with van der Waals surface area (Å²) in [5.41, 5.74) is -0.571. The van der Waals surface area contributed by atoms with Crippen molar-refractivity contribution in [2.45, 2.75) is 19.4 Å². The van der Waals surface area contributed by atoms with Crippen molar-refractivity contribution in [3.05, 3.63) is 58.9 Å². The van der Waals surface area contributed by atoms with Gasteiger partial charge >= 0.3 is 0 Å². The number of aryl methyl sites for hydroxylation is 1. The number of halogens is 2. The maximum Gasteiger partial charge on any atom is 0.253 e. The van der Waals surface area contributed by atoms with Gasteiger partial charge in [-0.3, -0.25) is 4.79 Å². The van der Waals surface area contributed by atoms with Gasteiger partial charge in [-0.05, 0) is 26.0 Å². The maximum atomic E-state index is 13.7. The second-order valence-corrected chi connectivity index (χ2v) is 5.10. The molecule has 1 heterocycles. The second kappa shape index (κ2) is 5.65. The Morgan fingerprint density at radius 3 is 2.67 bits per heavy atom. The first-order chi connectivity index (χ1) is 9.81. The molecule has 6 heteroatoms. The number of aliphatic hydroxyl groups is 1. The highest BCUT2D eigenvalue weighted by molar-refractivity contribution is 5.95. The van der Waals surface area contributed by atoms with Gasteiger partial charge in [0.05, 0.1) is 12.1 Å². The Kier molecular flexibility index (Phi) is 4.09. The highest BCUT2D eigenvalue weighted by Gasteiger charge is 2.27. The summed E-state index contributed by atoms with van der Waals surface area (Å²) in [5.74, 6) is -1.96. The van der Waals surface area contributed by atoms with E-state index in [9.17, 15) is 18.7 Å². The first-order valence-electron chi connectivity index (χ1n) is 6.41. The van der Waals surface area contributed by atoms with Crippen molar-refractivity contribution in [1.82, 2.24) is 10.3 Å². The average Bonchev–Trinajstić information content (AvgIpc) is 2.82. The molecule has 112 valence electrons. The summed E-state index contributed by atoms with van der Waals surface area (Å²) < 4.78 is 26.6. The molecule has 0 aliphatic carbocycles. The van der Waals surface area contributed by atoms with Crippen LogP contribution in [0.1, 0.15) is 28.5 Å². The number of benzene rings is 1. The zero-order valence-electron chi connectivity index (χ0n) is 11.7. The van der Waals surface area contributed by atoms with Crippen LogP contribution in [0.5, 0.6) is 0 Å². The number of aromatic nitrogens is 1. The van der Waals surface area contributed by atoms with E-state index in [1.54, 1.807) is 19.2 Å². The smallest absolute Gasteiger partial charge is 0.253 e. The lowest BCUT2D eigenvalue weighted by atomic mass is 9.95. The lowest BCUT2D eigenvalue weighted by molar-refractivity contribution is 0.0494. The molecule has 2 aromatic rings. The van der Waals surface area contributed by atoms with E-state index in [1.807, 2.05) is 0 Å². The standard InChI is InChI=1S/C15H16F2N2O2/c1-9-11(5-6-18-9)14(20)19-8-15(2,21)12-4-3-10(16)7-13(12)17/h3-7,18,21H,8H2,1-2H3,(H,19,20). The van der Waals surface area contributed by atoms with Gasteiger partial charge in [0.2, 0.25) is 0 Å². The van der Waals surface area contributed by atoms with Crippen LogP contribution in [0.25, 0.3) is 0 Å². The van der Waals surface area contributed by atoms with E-state index in [4.69, 9.17) is 0 Å². The van der Waals surface area contributed by atoms with Crippen LogP contribution in [-0.4, -0.2) is 22.5 Å². The molecule has 0 aliphatic heterocycles. The molecule has 1 atom stereocenters. The normalized spacial score (nSPS) is 13.8. The fourth-order valence-electron chi connectivity index (χ4n) is 2.07. The van der Waals surface area contributed by atoms with Crippen molar-refractivity contribution < 1.29 is 18.7 Å². The van der Waals surface area contributed by atoms with Gasteiger partial charge in [-0.25, -0.2) is 8.78 Å². The Bertz CT molecular complexity index is 665. The monoisotopic (exact) mass is 294 g/mol. The number of H-pyrrole nitrogens is 1. The highest BCUT2D eigenvalue weighted by Crippen LogP contribution is 2.23. The number of rotatable bonds is 4. The summed E-state index contributed by atoms with van der Waals surface area (Å²) >= 11 is 0. The van der Waals surface area contributed by atoms with E-state index in [0.717, 1.165) is 6.07 Å². The van der Waals surface area contributed by atoms with Crippen LogP contribution in [0.3, 0.4) is 0 Å². The van der Waals surface area contributed by atoms with Crippen molar-refractivity contribution in [3.63, 3.8) is 0 Å². The molecule has 1 aromatic carbocycles. The first-order valence-corrected chi connectivity index (χ1v) is 6.41. The van der Waals surface area contributed by atoms with Gasteiger partial charge in [-0.2, -0.15) is 0 Å². The minimum Gasteiger partial charge on any atom is -0.383 e.